The summed E-state index contributed by atoms with van der Waals surface area (Å²) >= 11 is 0. The lowest BCUT2D eigenvalue weighted by atomic mass is 9.85. The number of rotatable bonds is 12. The molecule has 17 nitrogen and oxygen atoms in total. The number of benzene rings is 3. The van der Waals surface area contributed by atoms with Gasteiger partial charge in [0.25, 0.3) is 0 Å². The van der Waals surface area contributed by atoms with E-state index in [-0.39, 0.29) is 49.7 Å². The average molecular weight is 902 g/mol. The third-order valence-electron chi connectivity index (χ3n) is 12.3. The molecule has 0 saturated carbocycles. The number of carbonyl (C=O) groups is 6. The number of halogens is 1. The van der Waals surface area contributed by atoms with Crippen LogP contribution < -0.4 is 26.2 Å². The number of aliphatic hydroxyl groups is 2. The summed E-state index contributed by atoms with van der Waals surface area (Å²) in [7, 11) is 2.39. The van der Waals surface area contributed by atoms with Crippen LogP contribution in [-0.4, -0.2) is 120 Å². The minimum atomic E-state index is -1.02. The Kier molecular flexibility index (Phi) is 15.0. The van der Waals surface area contributed by atoms with Crippen molar-refractivity contribution in [3.05, 3.63) is 89.7 Å². The largest absolute Gasteiger partial charge is 0.453 e. The van der Waals surface area contributed by atoms with Crippen LogP contribution in [0.15, 0.2) is 72.8 Å². The van der Waals surface area contributed by atoms with Crippen LogP contribution in [0.4, 0.5) is 31.0 Å². The predicted octanol–water partition coefficient (Wildman–Crippen LogP) is 4.86. The number of ether oxygens (including phenoxy) is 2. The van der Waals surface area contributed by atoms with Gasteiger partial charge in [-0.15, -0.1) is 0 Å². The van der Waals surface area contributed by atoms with Crippen molar-refractivity contribution >= 4 is 52.9 Å². The Hall–Kier alpha value is -6.27. The smallest absolute Gasteiger partial charge is 0.407 e. The van der Waals surface area contributed by atoms with Crippen LogP contribution in [-0.2, 0) is 28.7 Å². The summed E-state index contributed by atoms with van der Waals surface area (Å²) in [5.74, 6) is -2.67. The van der Waals surface area contributed by atoms with E-state index in [1.54, 1.807) is 71.0 Å². The number of nitrogens with zero attached hydrogens (tertiary/aromatic N) is 3. The molecule has 3 aromatic rings. The van der Waals surface area contributed by atoms with Crippen molar-refractivity contribution in [3.8, 4) is 0 Å². The van der Waals surface area contributed by atoms with Crippen LogP contribution in [0.1, 0.15) is 83.5 Å². The molecule has 3 aliphatic heterocycles. The number of β-amino-alcohol motifs (C(OH)–C–C–N with tert-alkyl or cyclic N) is 2. The Balaban J connectivity index is 1.15. The summed E-state index contributed by atoms with van der Waals surface area (Å²) in [5.41, 5.74) is 2.90. The maximum absolute atomic E-state index is 14.2. The van der Waals surface area contributed by atoms with Gasteiger partial charge >= 0.3 is 12.2 Å². The van der Waals surface area contributed by atoms with Crippen molar-refractivity contribution in [3.63, 3.8) is 0 Å². The number of methoxy groups -OCH3 is 2. The highest BCUT2D eigenvalue weighted by Crippen LogP contribution is 2.47. The zero-order chi connectivity index (χ0) is 47.3. The van der Waals surface area contributed by atoms with Gasteiger partial charge in [-0.3, -0.25) is 19.2 Å². The second kappa shape index (κ2) is 20.3. The van der Waals surface area contributed by atoms with Gasteiger partial charge in [0.05, 0.1) is 38.5 Å². The Morgan fingerprint density at radius 1 is 0.662 bits per heavy atom. The predicted molar refractivity (Wildman–Crippen MR) is 239 cm³/mol. The highest BCUT2D eigenvalue weighted by atomic mass is 19.1. The first-order valence-corrected chi connectivity index (χ1v) is 21.8. The zero-order valence-electron chi connectivity index (χ0n) is 37.7. The van der Waals surface area contributed by atoms with E-state index in [2.05, 4.69) is 30.9 Å². The monoisotopic (exact) mass is 901 g/mol. The molecule has 3 saturated heterocycles. The summed E-state index contributed by atoms with van der Waals surface area (Å²) in [6.07, 6.45) is -1.91. The summed E-state index contributed by atoms with van der Waals surface area (Å²) in [5, 5.41) is 31.9. The highest BCUT2D eigenvalue weighted by Gasteiger charge is 2.46. The van der Waals surface area contributed by atoms with E-state index in [0.29, 0.717) is 11.4 Å². The summed E-state index contributed by atoms with van der Waals surface area (Å²) in [4.78, 5) is 83.5. The second-order valence-electron chi connectivity index (χ2n) is 18.3. The van der Waals surface area contributed by atoms with Crippen molar-refractivity contribution in [1.29, 1.82) is 0 Å². The standard InChI is InChI=1S/C47H60FN7O10/c1-26(2)39(51-45(62)64-6)43(60)53-24-33(56)22-37(53)41(58)49-30-14-8-27(9-15-30)35-20-21-36(55(35)32-18-12-29(48)13-19-32)28-10-16-31(17-11-28)50-42(59)38-23-34(57)25-54(38)44(61)40(47(3,4)5)52-46(63)65-7/h8-19,26,33-40,56-57H,20-25H2,1-7H3,(H,49,58)(H,50,59)(H,51,62)(H,52,63). The van der Waals surface area contributed by atoms with Gasteiger partial charge in [0.1, 0.15) is 30.0 Å². The van der Waals surface area contributed by atoms with Gasteiger partial charge in [0, 0.05) is 43.0 Å². The summed E-state index contributed by atoms with van der Waals surface area (Å²) in [6, 6.07) is 16.7. The van der Waals surface area contributed by atoms with Crippen molar-refractivity contribution in [2.45, 2.75) is 109 Å². The molecular formula is C47H60FN7O10. The number of hydrogen-bond acceptors (Lipinski definition) is 11. The first kappa shape index (κ1) is 48.2. The average Bonchev–Trinajstić information content (AvgIpc) is 4.01. The quantitative estimate of drug-likeness (QED) is 0.144. The molecule has 6 N–H and O–H groups in total. The highest BCUT2D eigenvalue weighted by molar-refractivity contribution is 6.00. The number of anilines is 3. The number of alkyl carbamates (subject to hydrolysis) is 2. The van der Waals surface area contributed by atoms with E-state index in [0.717, 1.165) is 29.7 Å². The fraction of sp³-hybridized carbons (Fsp3) is 0.489. The molecule has 3 aliphatic rings. The molecule has 0 spiro atoms. The molecule has 0 bridgehead atoms. The third-order valence-corrected chi connectivity index (χ3v) is 12.3. The van der Waals surface area contributed by atoms with E-state index < -0.39 is 77.6 Å². The Bertz CT molecular complexity index is 2200. The molecule has 0 aromatic heterocycles. The van der Waals surface area contributed by atoms with Crippen LogP contribution in [0.3, 0.4) is 0 Å². The van der Waals surface area contributed by atoms with E-state index in [9.17, 15) is 43.4 Å². The zero-order valence-corrected chi connectivity index (χ0v) is 37.7. The normalized spacial score (nSPS) is 22.8. The Morgan fingerprint density at radius 3 is 1.51 bits per heavy atom. The van der Waals surface area contributed by atoms with Crippen LogP contribution in [0.2, 0.25) is 0 Å². The fourth-order valence-electron chi connectivity index (χ4n) is 8.95. The molecular weight excluding hydrogens is 842 g/mol. The van der Waals surface area contributed by atoms with Crippen molar-refractivity contribution in [1.82, 2.24) is 20.4 Å². The minimum Gasteiger partial charge on any atom is -0.453 e. The van der Waals surface area contributed by atoms with E-state index in [4.69, 9.17) is 4.74 Å². The van der Waals surface area contributed by atoms with Gasteiger partial charge in [0.15, 0.2) is 0 Å². The van der Waals surface area contributed by atoms with Crippen LogP contribution in [0, 0.1) is 17.2 Å². The van der Waals surface area contributed by atoms with Crippen LogP contribution in [0.25, 0.3) is 0 Å². The van der Waals surface area contributed by atoms with Gasteiger partial charge < -0.3 is 55.7 Å². The molecule has 350 valence electrons. The lowest BCUT2D eigenvalue weighted by Crippen LogP contribution is -2.57. The molecule has 3 aromatic carbocycles. The molecule has 3 fully saturated rings. The molecule has 3 heterocycles. The minimum absolute atomic E-state index is 0.0228. The lowest BCUT2D eigenvalue weighted by Gasteiger charge is -2.35. The number of carbonyl (C=O) groups excluding carboxylic acids is 6. The maximum Gasteiger partial charge on any atom is 0.407 e. The molecule has 6 amide bonds. The first-order chi connectivity index (χ1) is 30.8. The molecule has 6 rings (SSSR count). The van der Waals surface area contributed by atoms with Gasteiger partial charge in [0.2, 0.25) is 23.6 Å². The maximum atomic E-state index is 14.2. The molecule has 65 heavy (non-hydrogen) atoms. The van der Waals surface area contributed by atoms with E-state index in [1.165, 1.54) is 36.2 Å². The van der Waals surface area contributed by atoms with Gasteiger partial charge in [-0.1, -0.05) is 58.9 Å². The second-order valence-corrected chi connectivity index (χ2v) is 18.3. The number of hydrogen-bond donors (Lipinski definition) is 6. The van der Waals surface area contributed by atoms with Gasteiger partial charge in [-0.2, -0.15) is 0 Å². The van der Waals surface area contributed by atoms with E-state index >= 15 is 0 Å². The molecule has 18 heteroatoms. The number of amides is 6. The molecule has 8 unspecified atom stereocenters. The van der Waals surface area contributed by atoms with E-state index in [1.807, 2.05) is 24.3 Å². The fourth-order valence-corrected chi connectivity index (χ4v) is 8.95. The van der Waals surface area contributed by atoms with Crippen molar-refractivity contribution in [2.24, 2.45) is 11.3 Å². The molecule has 0 aliphatic carbocycles. The number of aliphatic hydroxyl groups excluding tert-OH is 2. The van der Waals surface area contributed by atoms with Crippen molar-refractivity contribution < 1.29 is 52.8 Å². The SMILES string of the molecule is COC(=O)NC(C(=O)N1CC(O)CC1C(=O)Nc1ccc(C2CCC(c3ccc(NC(=O)C4CC(O)CN4C(=O)C(NC(=O)OC)C(C)(C)C)cc3)N2c2ccc(F)cc2)cc1)C(C)C. The van der Waals surface area contributed by atoms with Gasteiger partial charge in [-0.05, 0) is 83.8 Å². The van der Waals surface area contributed by atoms with Crippen LogP contribution in [0.5, 0.6) is 0 Å². The molecule has 0 radical (unpaired) electrons. The Labute approximate surface area is 378 Å². The lowest BCUT2D eigenvalue weighted by molar-refractivity contribution is -0.140. The summed E-state index contributed by atoms with van der Waals surface area (Å²) in [6.45, 7) is 8.71. The van der Waals surface area contributed by atoms with Crippen LogP contribution >= 0.6 is 0 Å². The Morgan fingerprint density at radius 2 is 1.09 bits per heavy atom. The third kappa shape index (κ3) is 11.2. The topological polar surface area (TPSA) is 219 Å². The van der Waals surface area contributed by atoms with Crippen molar-refractivity contribution in [2.75, 3.05) is 42.8 Å². The van der Waals surface area contributed by atoms with Gasteiger partial charge in [-0.25, -0.2) is 14.0 Å². The summed E-state index contributed by atoms with van der Waals surface area (Å²) < 4.78 is 23.6. The first-order valence-electron chi connectivity index (χ1n) is 21.8. The number of nitrogens with one attached hydrogen (secondary N) is 4. The molecule has 8 atom stereocenters. The number of likely N-dealkylation sites (tertiary alicyclic amines) is 2.